The van der Waals surface area contributed by atoms with Crippen LogP contribution in [0.1, 0.15) is 32.6 Å². The van der Waals surface area contributed by atoms with Crippen molar-refractivity contribution >= 4 is 5.97 Å². The van der Waals surface area contributed by atoms with Crippen LogP contribution >= 0.6 is 0 Å². The van der Waals surface area contributed by atoms with E-state index in [4.69, 9.17) is 5.11 Å². The Balaban J connectivity index is 2.84. The molecule has 1 aliphatic rings. The van der Waals surface area contributed by atoms with Gasteiger partial charge in [-0.05, 0) is 37.2 Å². The van der Waals surface area contributed by atoms with Crippen LogP contribution < -0.4 is 0 Å². The number of carboxylic acids is 1. The third kappa shape index (κ3) is 1.65. The number of rotatable bonds is 2. The highest BCUT2D eigenvalue weighted by Crippen LogP contribution is 2.35. The summed E-state index contributed by atoms with van der Waals surface area (Å²) in [5.74, 6) is -2.16. The molecule has 3 heteroatoms. The molecule has 0 aliphatic heterocycles. The smallest absolute Gasteiger partial charge is 0.364 e. The van der Waals surface area contributed by atoms with Crippen molar-refractivity contribution in [2.24, 2.45) is 5.92 Å². The Morgan fingerprint density at radius 3 is 2.92 bits per heavy atom. The van der Waals surface area contributed by atoms with Gasteiger partial charge in [0.25, 0.3) is 0 Å². The summed E-state index contributed by atoms with van der Waals surface area (Å²) in [6.07, 6.45) is 3.33. The zero-order valence-corrected chi connectivity index (χ0v) is 7.14. The fourth-order valence-corrected chi connectivity index (χ4v) is 1.79. The van der Waals surface area contributed by atoms with Crippen LogP contribution in [-0.4, -0.2) is 11.1 Å². The number of hydrogen-bond acceptors (Lipinski definition) is 1. The lowest BCUT2D eigenvalue weighted by Crippen LogP contribution is -2.03. The van der Waals surface area contributed by atoms with E-state index < -0.39 is 11.8 Å². The van der Waals surface area contributed by atoms with Crippen LogP contribution in [0.15, 0.2) is 11.4 Å². The molecule has 0 saturated heterocycles. The molecule has 0 heterocycles. The van der Waals surface area contributed by atoms with E-state index in [2.05, 4.69) is 0 Å². The average Bonchev–Trinajstić information content (AvgIpc) is 2.49. The largest absolute Gasteiger partial charge is 0.476 e. The number of hydrogen-bond donors (Lipinski definition) is 1. The van der Waals surface area contributed by atoms with Gasteiger partial charge >= 0.3 is 5.97 Å². The molecule has 0 amide bonds. The normalized spacial score (nSPS) is 27.3. The van der Waals surface area contributed by atoms with Crippen LogP contribution in [-0.2, 0) is 4.79 Å². The Morgan fingerprint density at radius 2 is 2.42 bits per heavy atom. The van der Waals surface area contributed by atoms with Crippen molar-refractivity contribution in [2.45, 2.75) is 32.6 Å². The Kier molecular flexibility index (Phi) is 2.84. The molecule has 2 nitrogen and oxygen atoms in total. The summed E-state index contributed by atoms with van der Waals surface area (Å²) < 4.78 is 12.9. The van der Waals surface area contributed by atoms with Crippen molar-refractivity contribution < 1.29 is 14.3 Å². The Morgan fingerprint density at radius 1 is 1.75 bits per heavy atom. The molecular formula is C9H13FO2. The molecule has 0 radical (unpaired) electrons. The molecule has 1 aliphatic carbocycles. The van der Waals surface area contributed by atoms with Crippen LogP contribution in [0.5, 0.6) is 0 Å². The lowest BCUT2D eigenvalue weighted by Gasteiger charge is -2.07. The number of halogens is 1. The zero-order valence-electron chi connectivity index (χ0n) is 7.14. The van der Waals surface area contributed by atoms with Crippen LogP contribution in [0, 0.1) is 5.92 Å². The fourth-order valence-electron chi connectivity index (χ4n) is 1.79. The molecule has 0 aromatic heterocycles. The van der Waals surface area contributed by atoms with Crippen molar-refractivity contribution in [1.82, 2.24) is 0 Å². The first-order valence-electron chi connectivity index (χ1n) is 4.28. The van der Waals surface area contributed by atoms with E-state index in [1.54, 1.807) is 0 Å². The number of allylic oxidation sites excluding steroid dienone is 1. The minimum atomic E-state index is -1.41. The summed E-state index contributed by atoms with van der Waals surface area (Å²) in [5.41, 5.74) is 0.519. The molecule has 0 bridgehead atoms. The monoisotopic (exact) mass is 172 g/mol. The van der Waals surface area contributed by atoms with Gasteiger partial charge in [-0.3, -0.25) is 0 Å². The Hall–Kier alpha value is -0.860. The molecule has 1 saturated carbocycles. The Labute approximate surface area is 71.1 Å². The molecule has 0 spiro atoms. The van der Waals surface area contributed by atoms with Crippen LogP contribution in [0.25, 0.3) is 0 Å². The van der Waals surface area contributed by atoms with Crippen LogP contribution in [0.4, 0.5) is 4.39 Å². The molecule has 12 heavy (non-hydrogen) atoms. The molecule has 0 aromatic rings. The first kappa shape index (κ1) is 9.23. The van der Waals surface area contributed by atoms with E-state index in [1.165, 1.54) is 0 Å². The zero-order chi connectivity index (χ0) is 9.14. The molecule has 1 unspecified atom stereocenters. The number of carbonyl (C=O) groups is 1. The van der Waals surface area contributed by atoms with Crippen LogP contribution in [0.2, 0.25) is 0 Å². The van der Waals surface area contributed by atoms with Crippen molar-refractivity contribution in [3.63, 3.8) is 0 Å². The van der Waals surface area contributed by atoms with Gasteiger partial charge in [-0.25, -0.2) is 4.79 Å². The van der Waals surface area contributed by atoms with Gasteiger partial charge in [0.15, 0.2) is 0 Å². The van der Waals surface area contributed by atoms with Gasteiger partial charge in [0.2, 0.25) is 5.83 Å². The van der Waals surface area contributed by atoms with Gasteiger partial charge in [-0.2, -0.15) is 4.39 Å². The summed E-state index contributed by atoms with van der Waals surface area (Å²) in [5, 5.41) is 8.42. The van der Waals surface area contributed by atoms with Crippen molar-refractivity contribution in [3.05, 3.63) is 11.4 Å². The molecular weight excluding hydrogens is 159 g/mol. The van der Waals surface area contributed by atoms with E-state index in [0.717, 1.165) is 19.3 Å². The van der Waals surface area contributed by atoms with E-state index >= 15 is 0 Å². The maximum atomic E-state index is 12.9. The third-order valence-corrected chi connectivity index (χ3v) is 2.45. The van der Waals surface area contributed by atoms with Gasteiger partial charge in [-0.15, -0.1) is 0 Å². The average molecular weight is 172 g/mol. The molecule has 1 atom stereocenters. The van der Waals surface area contributed by atoms with Gasteiger partial charge in [0.1, 0.15) is 0 Å². The lowest BCUT2D eigenvalue weighted by molar-refractivity contribution is -0.134. The molecule has 0 aromatic carbocycles. The number of carboxylic acid groups (broad SMARTS) is 1. The summed E-state index contributed by atoms with van der Waals surface area (Å²) in [6, 6.07) is 0. The maximum Gasteiger partial charge on any atom is 0.364 e. The van der Waals surface area contributed by atoms with Crippen molar-refractivity contribution in [3.8, 4) is 0 Å². The van der Waals surface area contributed by atoms with E-state index in [9.17, 15) is 9.18 Å². The van der Waals surface area contributed by atoms with E-state index in [0.29, 0.717) is 12.0 Å². The van der Waals surface area contributed by atoms with Crippen LogP contribution in [0.3, 0.4) is 0 Å². The summed E-state index contributed by atoms with van der Waals surface area (Å²) in [7, 11) is 0. The first-order chi connectivity index (χ1) is 5.66. The quantitative estimate of drug-likeness (QED) is 0.650. The summed E-state index contributed by atoms with van der Waals surface area (Å²) >= 11 is 0. The van der Waals surface area contributed by atoms with Crippen molar-refractivity contribution in [1.29, 1.82) is 0 Å². The second-order valence-corrected chi connectivity index (χ2v) is 3.14. The Bertz CT molecular complexity index is 221. The van der Waals surface area contributed by atoms with E-state index in [-0.39, 0.29) is 5.92 Å². The highest BCUT2D eigenvalue weighted by Gasteiger charge is 2.25. The minimum absolute atomic E-state index is 0.168. The summed E-state index contributed by atoms with van der Waals surface area (Å²) in [4.78, 5) is 10.3. The minimum Gasteiger partial charge on any atom is -0.476 e. The highest BCUT2D eigenvalue weighted by molar-refractivity contribution is 5.85. The second-order valence-electron chi connectivity index (χ2n) is 3.14. The first-order valence-corrected chi connectivity index (χ1v) is 4.28. The third-order valence-electron chi connectivity index (χ3n) is 2.45. The maximum absolute atomic E-state index is 12.9. The van der Waals surface area contributed by atoms with Crippen molar-refractivity contribution in [2.75, 3.05) is 0 Å². The number of aliphatic carboxylic acids is 1. The lowest BCUT2D eigenvalue weighted by atomic mass is 9.99. The molecule has 1 fully saturated rings. The van der Waals surface area contributed by atoms with Gasteiger partial charge in [0.05, 0.1) is 0 Å². The topological polar surface area (TPSA) is 37.3 Å². The van der Waals surface area contributed by atoms with E-state index in [1.807, 2.05) is 6.92 Å². The molecule has 68 valence electrons. The van der Waals surface area contributed by atoms with Gasteiger partial charge in [-0.1, -0.05) is 6.92 Å². The fraction of sp³-hybridized carbons (Fsp3) is 0.667. The second kappa shape index (κ2) is 3.70. The predicted molar refractivity (Wildman–Crippen MR) is 43.4 cm³/mol. The van der Waals surface area contributed by atoms with Gasteiger partial charge in [0, 0.05) is 0 Å². The molecule has 1 rings (SSSR count). The SMILES string of the molecule is CCC1CCCC1=C(F)C(=O)O. The van der Waals surface area contributed by atoms with Gasteiger partial charge < -0.3 is 5.11 Å². The molecule has 1 N–H and O–H groups in total. The predicted octanol–water partition coefficient (Wildman–Crippen LogP) is 2.50. The highest BCUT2D eigenvalue weighted by atomic mass is 19.1. The summed E-state index contributed by atoms with van der Waals surface area (Å²) in [6.45, 7) is 1.96. The standard InChI is InChI=1S/C9H13FO2/c1-2-6-4-3-5-7(6)8(10)9(11)12/h6H,2-5H2,1H3,(H,11,12).